The van der Waals surface area contributed by atoms with E-state index >= 15 is 0 Å². The molecule has 1 amide bonds. The van der Waals surface area contributed by atoms with Crippen molar-refractivity contribution in [2.75, 3.05) is 0 Å². The second-order valence-electron chi connectivity index (χ2n) is 5.05. The van der Waals surface area contributed by atoms with Crippen molar-refractivity contribution in [2.45, 2.75) is 45.1 Å². The van der Waals surface area contributed by atoms with Gasteiger partial charge in [0.05, 0.1) is 0 Å². The summed E-state index contributed by atoms with van der Waals surface area (Å²) in [5, 5.41) is 2.82. The van der Waals surface area contributed by atoms with Crippen LogP contribution >= 0.6 is 0 Å². The van der Waals surface area contributed by atoms with Gasteiger partial charge in [0.2, 0.25) is 0 Å². The Balaban J connectivity index is 1.94. The summed E-state index contributed by atoms with van der Waals surface area (Å²) in [5.74, 6) is -0.103. The number of amidine groups is 1. The van der Waals surface area contributed by atoms with Crippen LogP contribution in [0.4, 0.5) is 0 Å². The number of hydrogen-bond acceptors (Lipinski definition) is 2. The van der Waals surface area contributed by atoms with E-state index in [1.54, 1.807) is 0 Å². The number of rotatable bonds is 2. The normalized spacial score (nSPS) is 17.2. The Morgan fingerprint density at radius 3 is 2.47 bits per heavy atom. The summed E-state index contributed by atoms with van der Waals surface area (Å²) < 4.78 is 0.609. The molecular weight excluding hydrogens is 303 g/mol. The van der Waals surface area contributed by atoms with Crippen LogP contribution in [-0.2, 0) is 0 Å². The molecule has 1 aliphatic rings. The van der Waals surface area contributed by atoms with Crippen LogP contribution in [0.1, 0.15) is 48.0 Å². The number of carbonyl (C=O) groups is 1. The third-order valence-corrected chi connectivity index (χ3v) is 3.84. The fourth-order valence-electron chi connectivity index (χ4n) is 2.28. The number of hydrogen-bond donors (Lipinski definition) is 1. The summed E-state index contributed by atoms with van der Waals surface area (Å²) in [6, 6.07) is 7.90. The van der Waals surface area contributed by atoms with Gasteiger partial charge in [0.1, 0.15) is 0 Å². The number of carbonyl (C=O) groups excluding carboxylic acids is 1. The van der Waals surface area contributed by atoms with Gasteiger partial charge in [-0.3, -0.25) is 0 Å². The molecule has 0 spiro atoms. The molecule has 3 nitrogen and oxygen atoms in total. The van der Waals surface area contributed by atoms with Crippen molar-refractivity contribution in [3.05, 3.63) is 35.4 Å². The Bertz CT molecular complexity index is 462. The van der Waals surface area contributed by atoms with Gasteiger partial charge >= 0.3 is 122 Å². The number of aliphatic imine (C=N–C) groups is 1. The summed E-state index contributed by atoms with van der Waals surface area (Å²) in [5.41, 5.74) is 1.81. The van der Waals surface area contributed by atoms with E-state index in [-0.39, 0.29) is 5.91 Å². The van der Waals surface area contributed by atoms with Gasteiger partial charge in [-0.2, -0.15) is 0 Å². The van der Waals surface area contributed by atoms with E-state index in [0.717, 1.165) is 18.4 Å². The molecule has 1 aromatic rings. The van der Waals surface area contributed by atoms with Crippen LogP contribution in [0.25, 0.3) is 0 Å². The van der Waals surface area contributed by atoms with Gasteiger partial charge in [-0.15, -0.1) is 0 Å². The number of amides is 1. The summed E-state index contributed by atoms with van der Waals surface area (Å²) in [6.07, 6.45) is 6.06. The van der Waals surface area contributed by atoms with Gasteiger partial charge in [0.15, 0.2) is 0 Å². The minimum absolute atomic E-state index is 0.103. The van der Waals surface area contributed by atoms with Crippen molar-refractivity contribution in [3.63, 3.8) is 0 Å². The number of nitrogens with one attached hydrogen (secondary N) is 1. The van der Waals surface area contributed by atoms with Crippen molar-refractivity contribution >= 4 is 26.7 Å². The molecule has 0 atom stereocenters. The van der Waals surface area contributed by atoms with Crippen LogP contribution in [0.3, 0.4) is 0 Å². The molecule has 19 heavy (non-hydrogen) atoms. The minimum atomic E-state index is -0.103. The van der Waals surface area contributed by atoms with Crippen molar-refractivity contribution < 1.29 is 4.79 Å². The van der Waals surface area contributed by atoms with Crippen molar-refractivity contribution in [2.24, 2.45) is 4.99 Å². The van der Waals surface area contributed by atoms with Crippen molar-refractivity contribution in [3.8, 4) is 0 Å². The van der Waals surface area contributed by atoms with E-state index in [0.29, 0.717) is 16.3 Å². The zero-order valence-electron chi connectivity index (χ0n) is 11.2. The van der Waals surface area contributed by atoms with Gasteiger partial charge < -0.3 is 0 Å². The fourth-order valence-corrected chi connectivity index (χ4v) is 2.79. The topological polar surface area (TPSA) is 41.5 Å². The van der Waals surface area contributed by atoms with Gasteiger partial charge in [-0.25, -0.2) is 0 Å². The molecule has 2 rings (SSSR count). The molecule has 1 fully saturated rings. The second kappa shape index (κ2) is 6.88. The molecule has 0 aliphatic heterocycles. The maximum absolute atomic E-state index is 12.0. The first kappa shape index (κ1) is 14.3. The summed E-state index contributed by atoms with van der Waals surface area (Å²) in [6.45, 7) is 2.01. The number of aryl methyl sites for hydroxylation is 1. The molecule has 101 valence electrons. The van der Waals surface area contributed by atoms with E-state index in [1.807, 2.05) is 31.2 Å². The zero-order valence-corrected chi connectivity index (χ0v) is 12.9. The summed E-state index contributed by atoms with van der Waals surface area (Å²) >= 11 is 2.85. The molecule has 1 aromatic carbocycles. The average Bonchev–Trinajstić information content (AvgIpc) is 2.40. The van der Waals surface area contributed by atoms with Crippen LogP contribution in [0, 0.1) is 6.92 Å². The van der Waals surface area contributed by atoms with E-state index in [2.05, 4.69) is 26.3 Å². The van der Waals surface area contributed by atoms with Crippen LogP contribution < -0.4 is 5.32 Å². The Hall–Kier alpha value is -1.12. The molecule has 1 radical (unpaired) electrons. The molecule has 0 unspecified atom stereocenters. The molecule has 4 heteroatoms. The van der Waals surface area contributed by atoms with Crippen LogP contribution in [-0.4, -0.2) is 32.7 Å². The van der Waals surface area contributed by atoms with Gasteiger partial charge in [0.25, 0.3) is 0 Å². The third-order valence-electron chi connectivity index (χ3n) is 3.41. The SMILES string of the molecule is Cc1ccc(C(=O)NC([Se])=NC2CCCCC2)cc1. The second-order valence-corrected chi connectivity index (χ2v) is 5.86. The number of benzene rings is 1. The van der Waals surface area contributed by atoms with Gasteiger partial charge in [0, 0.05) is 0 Å². The standard InChI is InChI=1S/C15H19N2OSe/c1-11-7-9-12(10-8-11)14(18)17-15(19)16-13-5-3-2-4-6-13/h7-10,13H,2-6H2,1H3,(H,16,17,18). The molecule has 0 saturated heterocycles. The summed E-state index contributed by atoms with van der Waals surface area (Å²) in [7, 11) is 0. The fraction of sp³-hybridized carbons (Fsp3) is 0.467. The Kier molecular flexibility index (Phi) is 5.17. The molecule has 0 bridgehead atoms. The predicted octanol–water partition coefficient (Wildman–Crippen LogP) is 2.58. The Morgan fingerprint density at radius 1 is 1.21 bits per heavy atom. The van der Waals surface area contributed by atoms with E-state index in [1.165, 1.54) is 19.3 Å². The first-order chi connectivity index (χ1) is 9.15. The molecular formula is C15H19N2OSe. The van der Waals surface area contributed by atoms with Crippen molar-refractivity contribution in [1.82, 2.24) is 5.32 Å². The van der Waals surface area contributed by atoms with E-state index < -0.39 is 0 Å². The molecule has 0 heterocycles. The zero-order chi connectivity index (χ0) is 13.7. The first-order valence-corrected chi connectivity index (χ1v) is 7.63. The first-order valence-electron chi connectivity index (χ1n) is 6.78. The Labute approximate surface area is 122 Å². The van der Waals surface area contributed by atoms with Gasteiger partial charge in [-0.05, 0) is 0 Å². The maximum atomic E-state index is 12.0. The van der Waals surface area contributed by atoms with Crippen LogP contribution in [0.2, 0.25) is 0 Å². The third kappa shape index (κ3) is 4.48. The van der Waals surface area contributed by atoms with E-state index in [4.69, 9.17) is 0 Å². The molecule has 0 aromatic heterocycles. The van der Waals surface area contributed by atoms with Gasteiger partial charge in [-0.1, -0.05) is 0 Å². The summed E-state index contributed by atoms with van der Waals surface area (Å²) in [4.78, 5) is 16.5. The monoisotopic (exact) mass is 323 g/mol. The van der Waals surface area contributed by atoms with E-state index in [9.17, 15) is 4.79 Å². The quantitative estimate of drug-likeness (QED) is 0.507. The predicted molar refractivity (Wildman–Crippen MR) is 78.7 cm³/mol. The average molecular weight is 322 g/mol. The van der Waals surface area contributed by atoms with Crippen LogP contribution in [0.5, 0.6) is 0 Å². The molecule has 1 N–H and O–H groups in total. The molecule has 1 saturated carbocycles. The van der Waals surface area contributed by atoms with Crippen molar-refractivity contribution in [1.29, 1.82) is 0 Å². The Morgan fingerprint density at radius 2 is 1.84 bits per heavy atom. The van der Waals surface area contributed by atoms with Crippen LogP contribution in [0.15, 0.2) is 29.3 Å². The molecule has 1 aliphatic carbocycles. The number of nitrogens with zero attached hydrogens (tertiary/aromatic N) is 1.